The van der Waals surface area contributed by atoms with Crippen LogP contribution in [0.2, 0.25) is 0 Å². The predicted molar refractivity (Wildman–Crippen MR) is 71.8 cm³/mol. The number of aliphatic hydroxyl groups is 1. The molecule has 0 rings (SSSR count). The highest BCUT2D eigenvalue weighted by Gasteiger charge is 2.42. The van der Waals surface area contributed by atoms with E-state index in [0.29, 0.717) is 0 Å². The van der Waals surface area contributed by atoms with Gasteiger partial charge in [-0.15, -0.1) is 0 Å². The molecule has 0 aliphatic heterocycles. The second kappa shape index (κ2) is 8.55. The topological polar surface area (TPSA) is 147 Å². The fourth-order valence-corrected chi connectivity index (χ4v) is 2.33. The van der Waals surface area contributed by atoms with Gasteiger partial charge < -0.3 is 20.4 Å². The smallest absolute Gasteiger partial charge is 0.317 e. The van der Waals surface area contributed by atoms with Crippen LogP contribution in [0.1, 0.15) is 26.7 Å². The molecule has 0 aliphatic carbocycles. The lowest BCUT2D eigenvalue weighted by molar-refractivity contribution is -0.151. The molecule has 0 amide bonds. The molecule has 0 radical (unpaired) electrons. The SMILES string of the molecule is CCC(CC)(C(O)NCC(=O)O)N(CC(=O)O)CC(=O)O. The Bertz CT molecular complexity index is 366. The Kier molecular flexibility index (Phi) is 7.85. The number of aliphatic carboxylic acids is 3. The summed E-state index contributed by atoms with van der Waals surface area (Å²) in [6.45, 7) is 1.69. The Morgan fingerprint density at radius 1 is 1.00 bits per heavy atom. The van der Waals surface area contributed by atoms with Gasteiger partial charge in [-0.1, -0.05) is 13.8 Å². The standard InChI is InChI=1S/C12H22N2O7/c1-3-12(4-2,11(21)13-5-8(15)16)14(6-9(17)18)7-10(19)20/h11,13,21H,3-7H2,1-2H3,(H,15,16)(H,17,18)(H,19,20). The summed E-state index contributed by atoms with van der Waals surface area (Å²) < 4.78 is 0. The molecular weight excluding hydrogens is 284 g/mol. The molecule has 9 heteroatoms. The van der Waals surface area contributed by atoms with Crippen molar-refractivity contribution >= 4 is 17.9 Å². The zero-order chi connectivity index (χ0) is 16.6. The minimum atomic E-state index is -1.37. The van der Waals surface area contributed by atoms with Crippen LogP contribution in [0, 0.1) is 0 Å². The molecule has 1 unspecified atom stereocenters. The van der Waals surface area contributed by atoms with Crippen LogP contribution in [0.15, 0.2) is 0 Å². The van der Waals surface area contributed by atoms with E-state index in [1.165, 1.54) is 0 Å². The molecule has 1 atom stereocenters. The van der Waals surface area contributed by atoms with Crippen molar-refractivity contribution in [3.05, 3.63) is 0 Å². The fourth-order valence-electron chi connectivity index (χ4n) is 2.33. The largest absolute Gasteiger partial charge is 0.480 e. The zero-order valence-electron chi connectivity index (χ0n) is 12.1. The minimum absolute atomic E-state index is 0.248. The van der Waals surface area contributed by atoms with E-state index in [1.807, 2.05) is 0 Å². The Morgan fingerprint density at radius 3 is 1.71 bits per heavy atom. The molecule has 0 aromatic rings. The quantitative estimate of drug-likeness (QED) is 0.303. The van der Waals surface area contributed by atoms with E-state index in [0.717, 1.165) is 4.90 Å². The van der Waals surface area contributed by atoms with Crippen LogP contribution in [-0.4, -0.2) is 74.6 Å². The van der Waals surface area contributed by atoms with Gasteiger partial charge in [0.1, 0.15) is 6.23 Å². The van der Waals surface area contributed by atoms with Crippen molar-refractivity contribution in [2.45, 2.75) is 38.5 Å². The van der Waals surface area contributed by atoms with Gasteiger partial charge in [0, 0.05) is 0 Å². The summed E-state index contributed by atoms with van der Waals surface area (Å²) in [6.07, 6.45) is -0.877. The van der Waals surface area contributed by atoms with E-state index in [4.69, 9.17) is 15.3 Å². The summed E-state index contributed by atoms with van der Waals surface area (Å²) in [4.78, 5) is 33.5. The highest BCUT2D eigenvalue weighted by Crippen LogP contribution is 2.27. The van der Waals surface area contributed by atoms with Gasteiger partial charge in [0.15, 0.2) is 0 Å². The molecule has 21 heavy (non-hydrogen) atoms. The van der Waals surface area contributed by atoms with Crippen molar-refractivity contribution < 1.29 is 34.8 Å². The van der Waals surface area contributed by atoms with Crippen molar-refractivity contribution in [3.63, 3.8) is 0 Å². The molecule has 0 aromatic carbocycles. The molecule has 122 valence electrons. The van der Waals surface area contributed by atoms with Gasteiger partial charge in [-0.05, 0) is 12.8 Å². The summed E-state index contributed by atoms with van der Waals surface area (Å²) >= 11 is 0. The minimum Gasteiger partial charge on any atom is -0.480 e. The zero-order valence-corrected chi connectivity index (χ0v) is 12.1. The average molecular weight is 306 g/mol. The van der Waals surface area contributed by atoms with E-state index in [2.05, 4.69) is 5.32 Å². The van der Waals surface area contributed by atoms with Crippen molar-refractivity contribution in [2.75, 3.05) is 19.6 Å². The van der Waals surface area contributed by atoms with Crippen molar-refractivity contribution in [1.82, 2.24) is 10.2 Å². The maximum absolute atomic E-state index is 10.9. The number of carbonyl (C=O) groups is 3. The first-order chi connectivity index (χ1) is 9.69. The highest BCUT2D eigenvalue weighted by atomic mass is 16.4. The molecule has 0 bridgehead atoms. The maximum Gasteiger partial charge on any atom is 0.317 e. The van der Waals surface area contributed by atoms with Gasteiger partial charge >= 0.3 is 17.9 Å². The Labute approximate surface area is 122 Å². The molecule has 0 saturated carbocycles. The Morgan fingerprint density at radius 2 is 1.43 bits per heavy atom. The highest BCUT2D eigenvalue weighted by molar-refractivity contribution is 5.73. The molecule has 0 heterocycles. The molecule has 0 spiro atoms. The van der Waals surface area contributed by atoms with Gasteiger partial charge in [0.05, 0.1) is 25.2 Å². The van der Waals surface area contributed by atoms with Gasteiger partial charge in [-0.3, -0.25) is 24.6 Å². The number of nitrogens with zero attached hydrogens (tertiary/aromatic N) is 1. The second-order valence-corrected chi connectivity index (χ2v) is 4.63. The van der Waals surface area contributed by atoms with Crippen LogP contribution < -0.4 is 5.32 Å². The third-order valence-electron chi connectivity index (χ3n) is 3.46. The van der Waals surface area contributed by atoms with Gasteiger partial charge in [0.25, 0.3) is 0 Å². The van der Waals surface area contributed by atoms with Crippen LogP contribution in [0.3, 0.4) is 0 Å². The average Bonchev–Trinajstić information content (AvgIpc) is 2.36. The van der Waals surface area contributed by atoms with Crippen molar-refractivity contribution in [2.24, 2.45) is 0 Å². The van der Waals surface area contributed by atoms with Gasteiger partial charge in [-0.25, -0.2) is 0 Å². The lowest BCUT2D eigenvalue weighted by atomic mass is 9.88. The summed E-state index contributed by atoms with van der Waals surface area (Å²) in [6, 6.07) is 0. The second-order valence-electron chi connectivity index (χ2n) is 4.63. The van der Waals surface area contributed by atoms with Crippen molar-refractivity contribution in [3.8, 4) is 0 Å². The summed E-state index contributed by atoms with van der Waals surface area (Å²) in [7, 11) is 0. The van der Waals surface area contributed by atoms with E-state index in [1.54, 1.807) is 13.8 Å². The van der Waals surface area contributed by atoms with Crippen LogP contribution in [0.5, 0.6) is 0 Å². The van der Waals surface area contributed by atoms with E-state index >= 15 is 0 Å². The molecule has 0 fully saturated rings. The number of hydrogen-bond donors (Lipinski definition) is 5. The van der Waals surface area contributed by atoms with Crippen molar-refractivity contribution in [1.29, 1.82) is 0 Å². The molecule has 0 aromatic heterocycles. The van der Waals surface area contributed by atoms with Crippen LogP contribution in [0.25, 0.3) is 0 Å². The molecular formula is C12H22N2O7. The predicted octanol–water partition coefficient (Wildman–Crippen LogP) is -0.991. The summed E-state index contributed by atoms with van der Waals surface area (Å²) in [5.41, 5.74) is -1.19. The number of carboxylic acids is 3. The molecule has 5 N–H and O–H groups in total. The first kappa shape index (κ1) is 19.3. The third-order valence-corrected chi connectivity index (χ3v) is 3.46. The Balaban J connectivity index is 5.35. The summed E-state index contributed by atoms with van der Waals surface area (Å²) in [5.74, 6) is -3.64. The first-order valence-corrected chi connectivity index (χ1v) is 6.51. The van der Waals surface area contributed by atoms with Crippen LogP contribution >= 0.6 is 0 Å². The van der Waals surface area contributed by atoms with Crippen LogP contribution in [0.4, 0.5) is 0 Å². The Hall–Kier alpha value is -1.71. The molecule has 0 aliphatic rings. The number of carboxylic acid groups (broad SMARTS) is 3. The third kappa shape index (κ3) is 5.66. The van der Waals surface area contributed by atoms with E-state index in [-0.39, 0.29) is 12.8 Å². The normalized spacial score (nSPS) is 13.1. The van der Waals surface area contributed by atoms with Crippen LogP contribution in [-0.2, 0) is 14.4 Å². The van der Waals surface area contributed by atoms with Gasteiger partial charge in [0.2, 0.25) is 0 Å². The maximum atomic E-state index is 10.9. The monoisotopic (exact) mass is 306 g/mol. The number of hydrogen-bond acceptors (Lipinski definition) is 6. The lowest BCUT2D eigenvalue weighted by Gasteiger charge is -2.45. The molecule has 9 nitrogen and oxygen atoms in total. The number of rotatable bonds is 11. The van der Waals surface area contributed by atoms with E-state index < -0.39 is 49.3 Å². The first-order valence-electron chi connectivity index (χ1n) is 6.51. The number of nitrogens with one attached hydrogen (secondary N) is 1. The van der Waals surface area contributed by atoms with Gasteiger partial charge in [-0.2, -0.15) is 0 Å². The number of aliphatic hydroxyl groups excluding tert-OH is 1. The fraction of sp³-hybridized carbons (Fsp3) is 0.750. The molecule has 0 saturated heterocycles. The lowest BCUT2D eigenvalue weighted by Crippen LogP contribution is -2.63. The van der Waals surface area contributed by atoms with E-state index in [9.17, 15) is 19.5 Å². The summed E-state index contributed by atoms with van der Waals surface area (Å²) in [5, 5.41) is 39.1.